The van der Waals surface area contributed by atoms with E-state index in [0.29, 0.717) is 11.1 Å². The first kappa shape index (κ1) is 21.4. The Labute approximate surface area is 165 Å². The first-order chi connectivity index (χ1) is 13.8. The van der Waals surface area contributed by atoms with E-state index in [9.17, 15) is 13.2 Å². The summed E-state index contributed by atoms with van der Waals surface area (Å²) in [5.41, 5.74) is 3.67. The molecule has 2 N–H and O–H groups in total. The molecule has 6 nitrogen and oxygen atoms in total. The summed E-state index contributed by atoms with van der Waals surface area (Å²) in [5, 5.41) is 25.6. The van der Waals surface area contributed by atoms with Crippen molar-refractivity contribution in [3.05, 3.63) is 76.9 Å². The topological polar surface area (TPSA) is 87.6 Å². The molecule has 0 spiro atoms. The largest absolute Gasteiger partial charge is 0.416 e. The summed E-state index contributed by atoms with van der Waals surface area (Å²) in [6.45, 7) is 0. The van der Waals surface area contributed by atoms with Gasteiger partial charge in [0.1, 0.15) is 0 Å². The Hall–Kier alpha value is -3.93. The molecule has 2 rings (SSSR count). The van der Waals surface area contributed by atoms with E-state index in [0.717, 1.165) is 17.7 Å². The molecule has 0 aromatic heterocycles. The van der Waals surface area contributed by atoms with Crippen LogP contribution in [0.5, 0.6) is 0 Å². The number of nitriles is 1. The molecule has 0 aliphatic carbocycles. The van der Waals surface area contributed by atoms with E-state index in [1.54, 1.807) is 36.4 Å². The van der Waals surface area contributed by atoms with Crippen LogP contribution in [-0.4, -0.2) is 30.4 Å². The molecule has 0 aliphatic heterocycles. The number of hydrazone groups is 2. The molecule has 0 fully saturated rings. The minimum Gasteiger partial charge on any atom is -0.266 e. The van der Waals surface area contributed by atoms with E-state index in [4.69, 9.17) is 10.7 Å². The van der Waals surface area contributed by atoms with Crippen molar-refractivity contribution in [1.82, 2.24) is 10.4 Å². The number of rotatable bonds is 5. The Morgan fingerprint density at radius 3 is 2.31 bits per heavy atom. The van der Waals surface area contributed by atoms with Gasteiger partial charge in [0.2, 0.25) is 5.96 Å². The van der Waals surface area contributed by atoms with Crippen LogP contribution in [0.15, 0.2) is 64.8 Å². The van der Waals surface area contributed by atoms with Gasteiger partial charge in [0.05, 0.1) is 23.4 Å². The van der Waals surface area contributed by atoms with E-state index >= 15 is 0 Å². The van der Waals surface area contributed by atoms with Crippen LogP contribution in [0, 0.1) is 16.7 Å². The van der Waals surface area contributed by atoms with Gasteiger partial charge in [0.25, 0.3) is 0 Å². The highest BCUT2D eigenvalue weighted by molar-refractivity contribution is 5.84. The predicted octanol–water partition coefficient (Wildman–Crippen LogP) is 4.07. The fourth-order valence-electron chi connectivity index (χ4n) is 2.01. The zero-order valence-corrected chi connectivity index (χ0v) is 15.4. The van der Waals surface area contributed by atoms with Crippen molar-refractivity contribution >= 4 is 24.5 Å². The molecule has 0 bridgehead atoms. The van der Waals surface area contributed by atoms with Crippen molar-refractivity contribution in [3.63, 3.8) is 0 Å². The van der Waals surface area contributed by atoms with Crippen molar-refractivity contribution in [1.29, 1.82) is 10.7 Å². The van der Waals surface area contributed by atoms with Crippen molar-refractivity contribution < 1.29 is 13.2 Å². The fourth-order valence-corrected chi connectivity index (χ4v) is 2.01. The van der Waals surface area contributed by atoms with Gasteiger partial charge >= 0.3 is 6.18 Å². The van der Waals surface area contributed by atoms with E-state index in [1.165, 1.54) is 36.6 Å². The van der Waals surface area contributed by atoms with Crippen LogP contribution in [0.25, 0.3) is 6.08 Å². The van der Waals surface area contributed by atoms with Gasteiger partial charge in [-0.25, -0.2) is 10.4 Å². The second kappa shape index (κ2) is 9.85. The third-order valence-corrected chi connectivity index (χ3v) is 3.60. The third-order valence-electron chi connectivity index (χ3n) is 3.60. The lowest BCUT2D eigenvalue weighted by atomic mass is 10.1. The van der Waals surface area contributed by atoms with Crippen LogP contribution < -0.4 is 5.43 Å². The lowest BCUT2D eigenvalue weighted by molar-refractivity contribution is -0.137. The lowest BCUT2D eigenvalue weighted by Gasteiger charge is -2.12. The maximum Gasteiger partial charge on any atom is 0.416 e. The van der Waals surface area contributed by atoms with E-state index in [1.807, 2.05) is 6.07 Å². The van der Waals surface area contributed by atoms with Crippen molar-refractivity contribution in [2.45, 2.75) is 6.18 Å². The number of benzene rings is 2. The number of nitrogens with zero attached hydrogens (tertiary/aromatic N) is 4. The molecule has 2 aromatic carbocycles. The van der Waals surface area contributed by atoms with Crippen molar-refractivity contribution in [3.8, 4) is 6.07 Å². The minimum atomic E-state index is -4.38. The highest BCUT2D eigenvalue weighted by Gasteiger charge is 2.29. The molecule has 0 aliphatic rings. The molecule has 148 valence electrons. The van der Waals surface area contributed by atoms with Crippen LogP contribution in [0.4, 0.5) is 13.2 Å². The summed E-state index contributed by atoms with van der Waals surface area (Å²) in [6.07, 6.45) is 1.84. The molecule has 0 amide bonds. The predicted molar refractivity (Wildman–Crippen MR) is 106 cm³/mol. The maximum absolute atomic E-state index is 12.5. The maximum atomic E-state index is 12.5. The smallest absolute Gasteiger partial charge is 0.266 e. The van der Waals surface area contributed by atoms with E-state index in [2.05, 4.69) is 15.6 Å². The van der Waals surface area contributed by atoms with Crippen LogP contribution in [0.2, 0.25) is 0 Å². The summed E-state index contributed by atoms with van der Waals surface area (Å²) in [6, 6.07) is 13.6. The Bertz CT molecular complexity index is 952. The Balaban J connectivity index is 1.83. The second-order valence-electron chi connectivity index (χ2n) is 5.72. The Morgan fingerprint density at radius 1 is 1.10 bits per heavy atom. The number of nitrogens with one attached hydrogen (secondary N) is 2. The summed E-state index contributed by atoms with van der Waals surface area (Å²) in [7, 11) is 1.50. The zero-order chi connectivity index (χ0) is 21.3. The van der Waals surface area contributed by atoms with Gasteiger partial charge < -0.3 is 0 Å². The highest BCUT2D eigenvalue weighted by Crippen LogP contribution is 2.28. The molecule has 0 radical (unpaired) electrons. The van der Waals surface area contributed by atoms with Gasteiger partial charge in [-0.05, 0) is 41.5 Å². The minimum absolute atomic E-state index is 0.129. The summed E-state index contributed by atoms with van der Waals surface area (Å²) in [5.74, 6) is -0.129. The zero-order valence-electron chi connectivity index (χ0n) is 15.4. The molecule has 9 heteroatoms. The standard InChI is InChI=1S/C20H17F3N6/c1-29(27-14-17-8-10-18(11-9-17)20(21,22)23)19(25)28-26-12-2-3-15-4-6-16(13-24)7-5-15/h2-12,14H,1H3,(H2,25,28)/b3-2+,26-12?,27-14?. The van der Waals surface area contributed by atoms with Gasteiger partial charge in [-0.1, -0.05) is 30.3 Å². The van der Waals surface area contributed by atoms with Crippen LogP contribution in [0.1, 0.15) is 22.3 Å². The number of allylic oxidation sites excluding steroid dienone is 1. The number of hydrogen-bond acceptors (Lipinski definition) is 4. The van der Waals surface area contributed by atoms with Crippen LogP contribution >= 0.6 is 0 Å². The molecule has 0 atom stereocenters. The normalized spacial score (nSPS) is 11.8. The second-order valence-corrected chi connectivity index (χ2v) is 5.72. The first-order valence-corrected chi connectivity index (χ1v) is 8.29. The monoisotopic (exact) mass is 398 g/mol. The van der Waals surface area contributed by atoms with Crippen LogP contribution in [0.3, 0.4) is 0 Å². The summed E-state index contributed by atoms with van der Waals surface area (Å²) in [4.78, 5) is 0. The average Bonchev–Trinajstić information content (AvgIpc) is 2.71. The molecular weight excluding hydrogens is 381 g/mol. The first-order valence-electron chi connectivity index (χ1n) is 8.29. The number of guanidine groups is 1. The van der Waals surface area contributed by atoms with E-state index < -0.39 is 11.7 Å². The molecule has 0 heterocycles. The average molecular weight is 398 g/mol. The van der Waals surface area contributed by atoms with E-state index in [-0.39, 0.29) is 5.96 Å². The molecule has 0 unspecified atom stereocenters. The van der Waals surface area contributed by atoms with Crippen molar-refractivity contribution in [2.24, 2.45) is 10.2 Å². The quantitative estimate of drug-likeness (QED) is 0.452. The number of halogens is 3. The Morgan fingerprint density at radius 2 is 1.72 bits per heavy atom. The summed E-state index contributed by atoms with van der Waals surface area (Å²) >= 11 is 0. The number of alkyl halides is 3. The van der Waals surface area contributed by atoms with Gasteiger partial charge in [0, 0.05) is 13.3 Å². The Kier molecular flexibility index (Phi) is 7.26. The van der Waals surface area contributed by atoms with Gasteiger partial charge in [0.15, 0.2) is 0 Å². The molecular formula is C20H17F3N6. The fraction of sp³-hybridized carbons (Fsp3) is 0.100. The van der Waals surface area contributed by atoms with Gasteiger partial charge in [-0.2, -0.15) is 28.6 Å². The van der Waals surface area contributed by atoms with Crippen molar-refractivity contribution in [2.75, 3.05) is 7.05 Å². The molecule has 0 saturated heterocycles. The summed E-state index contributed by atoms with van der Waals surface area (Å²) < 4.78 is 37.6. The molecule has 0 saturated carbocycles. The van der Waals surface area contributed by atoms with Crippen LogP contribution in [-0.2, 0) is 6.18 Å². The third kappa shape index (κ3) is 6.95. The van der Waals surface area contributed by atoms with Gasteiger partial charge in [-0.15, -0.1) is 0 Å². The van der Waals surface area contributed by atoms with Gasteiger partial charge in [-0.3, -0.25) is 5.41 Å². The molecule has 29 heavy (non-hydrogen) atoms. The molecule has 2 aromatic rings. The SMILES string of the molecule is CN(N=Cc1ccc(C(F)(F)F)cc1)C(=N)NN=C/C=C/c1ccc(C#N)cc1. The number of hydrogen-bond donors (Lipinski definition) is 2. The lowest BCUT2D eigenvalue weighted by Crippen LogP contribution is -2.31. The highest BCUT2D eigenvalue weighted by atomic mass is 19.4.